The van der Waals surface area contributed by atoms with Gasteiger partial charge in [0.2, 0.25) is 0 Å². The summed E-state index contributed by atoms with van der Waals surface area (Å²) in [5.41, 5.74) is 1.11. The van der Waals surface area contributed by atoms with E-state index >= 15 is 0 Å². The zero-order valence-electron chi connectivity index (χ0n) is 22.8. The van der Waals surface area contributed by atoms with Crippen LogP contribution < -0.4 is 16.2 Å². The number of pyridine rings is 2. The molecule has 5 rings (SSSR count). The van der Waals surface area contributed by atoms with Crippen molar-refractivity contribution in [3.05, 3.63) is 105 Å². The monoisotopic (exact) mass is 643 g/mol. The summed E-state index contributed by atoms with van der Waals surface area (Å²) >= 11 is 11.9. The predicted octanol–water partition coefficient (Wildman–Crippen LogP) is 5.18. The molecule has 3 N–H and O–H groups in total. The molecule has 10 nitrogen and oxygen atoms in total. The SMILES string of the molecule is Cl.O=C(Nc1c(O)cc(Cl)cc1C(=O)Nc1ccc(Cl)cn1)c1ccc(-c2cccn(CCN3CCOCC3)c2=O)cc1. The van der Waals surface area contributed by atoms with E-state index in [-0.39, 0.29) is 51.4 Å². The van der Waals surface area contributed by atoms with Gasteiger partial charge >= 0.3 is 0 Å². The molecule has 3 heterocycles. The van der Waals surface area contributed by atoms with E-state index in [1.165, 1.54) is 24.4 Å². The number of halogens is 3. The second-order valence-electron chi connectivity index (χ2n) is 9.57. The number of carbonyl (C=O) groups excluding carboxylic acids is 2. The molecule has 224 valence electrons. The maximum Gasteiger partial charge on any atom is 0.259 e. The lowest BCUT2D eigenvalue weighted by molar-refractivity contribution is 0.0363. The first kappa shape index (κ1) is 32.0. The van der Waals surface area contributed by atoms with Crippen LogP contribution in [0.2, 0.25) is 10.0 Å². The Bertz CT molecular complexity index is 1660. The Balaban J connectivity index is 0.00000423. The van der Waals surface area contributed by atoms with Gasteiger partial charge in [0.25, 0.3) is 17.4 Å². The second-order valence-corrected chi connectivity index (χ2v) is 10.4. The zero-order chi connectivity index (χ0) is 29.6. The Morgan fingerprint density at radius 3 is 2.37 bits per heavy atom. The molecule has 0 atom stereocenters. The number of hydrogen-bond donors (Lipinski definition) is 3. The predicted molar refractivity (Wildman–Crippen MR) is 169 cm³/mol. The number of amides is 2. The molecule has 2 aromatic heterocycles. The number of carbonyl (C=O) groups is 2. The number of aromatic hydroxyl groups is 1. The number of anilines is 2. The number of ether oxygens (including phenoxy) is 1. The van der Waals surface area contributed by atoms with Crippen LogP contribution >= 0.6 is 35.6 Å². The largest absolute Gasteiger partial charge is 0.506 e. The van der Waals surface area contributed by atoms with Crippen molar-refractivity contribution < 1.29 is 19.4 Å². The van der Waals surface area contributed by atoms with Gasteiger partial charge in [-0.1, -0.05) is 35.3 Å². The first-order chi connectivity index (χ1) is 20.3. The third-order valence-corrected chi connectivity index (χ3v) is 7.22. The summed E-state index contributed by atoms with van der Waals surface area (Å²) in [4.78, 5) is 45.6. The van der Waals surface area contributed by atoms with Crippen LogP contribution in [0.5, 0.6) is 5.75 Å². The van der Waals surface area contributed by atoms with Crippen LogP contribution in [0, 0.1) is 0 Å². The van der Waals surface area contributed by atoms with E-state index in [0.717, 1.165) is 19.6 Å². The molecule has 0 radical (unpaired) electrons. The lowest BCUT2D eigenvalue weighted by atomic mass is 10.0. The van der Waals surface area contributed by atoms with Crippen LogP contribution in [-0.2, 0) is 11.3 Å². The summed E-state index contributed by atoms with van der Waals surface area (Å²) in [6, 6.07) is 15.7. The Hall–Kier alpha value is -3.93. The molecule has 1 aliphatic heterocycles. The topological polar surface area (TPSA) is 126 Å². The molecule has 43 heavy (non-hydrogen) atoms. The van der Waals surface area contributed by atoms with Crippen LogP contribution in [-0.4, -0.2) is 64.2 Å². The van der Waals surface area contributed by atoms with E-state index in [1.807, 2.05) is 6.07 Å². The normalized spacial score (nSPS) is 13.2. The average molecular weight is 645 g/mol. The summed E-state index contributed by atoms with van der Waals surface area (Å²) in [6.45, 7) is 4.39. The molecule has 2 amide bonds. The van der Waals surface area contributed by atoms with Crippen molar-refractivity contribution in [1.82, 2.24) is 14.5 Å². The van der Waals surface area contributed by atoms with Gasteiger partial charge in [0.1, 0.15) is 11.6 Å². The summed E-state index contributed by atoms with van der Waals surface area (Å²) in [7, 11) is 0. The Labute approximate surface area is 263 Å². The minimum atomic E-state index is -0.651. The minimum Gasteiger partial charge on any atom is -0.506 e. The van der Waals surface area contributed by atoms with Crippen molar-refractivity contribution >= 4 is 58.9 Å². The lowest BCUT2D eigenvalue weighted by Gasteiger charge is -2.26. The summed E-state index contributed by atoms with van der Waals surface area (Å²) in [6.07, 6.45) is 3.14. The van der Waals surface area contributed by atoms with Gasteiger partial charge in [-0.2, -0.15) is 0 Å². The fourth-order valence-electron chi connectivity index (χ4n) is 4.53. The molecule has 13 heteroatoms. The first-order valence-corrected chi connectivity index (χ1v) is 13.9. The van der Waals surface area contributed by atoms with Crippen molar-refractivity contribution in [3.8, 4) is 16.9 Å². The number of phenolic OH excluding ortho intramolecular Hbond substituents is 1. The van der Waals surface area contributed by atoms with Crippen LogP contribution in [0.1, 0.15) is 20.7 Å². The highest BCUT2D eigenvalue weighted by Crippen LogP contribution is 2.32. The quantitative estimate of drug-likeness (QED) is 0.226. The number of morpholine rings is 1. The highest BCUT2D eigenvalue weighted by molar-refractivity contribution is 6.32. The molecule has 0 saturated carbocycles. The summed E-state index contributed by atoms with van der Waals surface area (Å²) < 4.78 is 7.07. The van der Waals surface area contributed by atoms with E-state index in [2.05, 4.69) is 20.5 Å². The van der Waals surface area contributed by atoms with Crippen molar-refractivity contribution in [2.24, 2.45) is 0 Å². The Morgan fingerprint density at radius 1 is 0.930 bits per heavy atom. The number of rotatable bonds is 8. The fourth-order valence-corrected chi connectivity index (χ4v) is 4.85. The van der Waals surface area contributed by atoms with Crippen molar-refractivity contribution in [1.29, 1.82) is 0 Å². The lowest BCUT2D eigenvalue weighted by Crippen LogP contribution is -2.39. The first-order valence-electron chi connectivity index (χ1n) is 13.2. The van der Waals surface area contributed by atoms with E-state index in [0.29, 0.717) is 35.9 Å². The fraction of sp³-hybridized carbons (Fsp3) is 0.200. The van der Waals surface area contributed by atoms with Crippen LogP contribution in [0.25, 0.3) is 11.1 Å². The molecule has 1 saturated heterocycles. The molecule has 0 unspecified atom stereocenters. The van der Waals surface area contributed by atoms with Crippen molar-refractivity contribution in [3.63, 3.8) is 0 Å². The van der Waals surface area contributed by atoms with Crippen molar-refractivity contribution in [2.45, 2.75) is 6.54 Å². The van der Waals surface area contributed by atoms with E-state index in [4.69, 9.17) is 27.9 Å². The number of benzene rings is 2. The highest BCUT2D eigenvalue weighted by Gasteiger charge is 2.20. The second kappa shape index (κ2) is 14.5. The zero-order valence-corrected chi connectivity index (χ0v) is 25.1. The standard InChI is InChI=1S/C30H27Cl2N5O5.ClH/c31-21-7-8-26(33-18-21)34-29(40)24-16-22(32)17-25(38)27(24)35-28(39)20-5-3-19(4-6-20)23-2-1-9-37(30(23)41)11-10-36-12-14-42-15-13-36;/h1-9,16-18,38H,10-15H2,(H,35,39)(H,33,34,40);1H. The van der Waals surface area contributed by atoms with Gasteiger partial charge < -0.3 is 25.0 Å². The molecule has 0 aliphatic carbocycles. The Kier molecular flexibility index (Phi) is 10.8. The molecular weight excluding hydrogens is 617 g/mol. The third-order valence-electron chi connectivity index (χ3n) is 6.77. The van der Waals surface area contributed by atoms with Crippen LogP contribution in [0.4, 0.5) is 11.5 Å². The Morgan fingerprint density at radius 2 is 1.67 bits per heavy atom. The molecule has 1 aliphatic rings. The van der Waals surface area contributed by atoms with Crippen LogP contribution in [0.15, 0.2) is 77.9 Å². The van der Waals surface area contributed by atoms with Gasteiger partial charge in [-0.15, -0.1) is 12.4 Å². The molecule has 4 aromatic rings. The van der Waals surface area contributed by atoms with E-state index in [1.54, 1.807) is 47.2 Å². The molecule has 2 aromatic carbocycles. The number of hydrogen-bond acceptors (Lipinski definition) is 7. The maximum absolute atomic E-state index is 13.2. The van der Waals surface area contributed by atoms with Crippen LogP contribution in [0.3, 0.4) is 0 Å². The summed E-state index contributed by atoms with van der Waals surface area (Å²) in [5, 5.41) is 16.2. The number of phenols is 1. The maximum atomic E-state index is 13.2. The number of aromatic nitrogens is 2. The average Bonchev–Trinajstić information content (AvgIpc) is 2.99. The van der Waals surface area contributed by atoms with Gasteiger partial charge in [0.15, 0.2) is 0 Å². The smallest absolute Gasteiger partial charge is 0.259 e. The van der Waals surface area contributed by atoms with Gasteiger partial charge in [-0.05, 0) is 48.0 Å². The van der Waals surface area contributed by atoms with E-state index < -0.39 is 11.8 Å². The van der Waals surface area contributed by atoms with Crippen molar-refractivity contribution in [2.75, 3.05) is 43.5 Å². The molecule has 0 spiro atoms. The molecular formula is C30H28Cl3N5O5. The number of nitrogens with one attached hydrogen (secondary N) is 2. The summed E-state index contributed by atoms with van der Waals surface area (Å²) in [5.74, 6) is -1.39. The van der Waals surface area contributed by atoms with Gasteiger partial charge in [0, 0.05) is 60.8 Å². The third kappa shape index (κ3) is 7.92. The van der Waals surface area contributed by atoms with Gasteiger partial charge in [-0.3, -0.25) is 19.3 Å². The molecule has 0 bridgehead atoms. The van der Waals surface area contributed by atoms with Gasteiger partial charge in [-0.25, -0.2) is 4.98 Å². The minimum absolute atomic E-state index is 0. The highest BCUT2D eigenvalue weighted by atomic mass is 35.5. The van der Waals surface area contributed by atoms with Gasteiger partial charge in [0.05, 0.1) is 29.5 Å². The van der Waals surface area contributed by atoms with E-state index in [9.17, 15) is 19.5 Å². The molecule has 1 fully saturated rings. The number of nitrogens with zero attached hydrogens (tertiary/aromatic N) is 3.